The second-order valence-electron chi connectivity index (χ2n) is 6.74. The number of nitrogens with one attached hydrogen (secondary N) is 1. The van der Waals surface area contributed by atoms with Gasteiger partial charge < -0.3 is 19.2 Å². The second-order valence-corrected chi connectivity index (χ2v) is 6.74. The number of nitrogens with zero attached hydrogens (tertiary/aromatic N) is 2. The third kappa shape index (κ3) is 2.87. The van der Waals surface area contributed by atoms with E-state index in [0.29, 0.717) is 13.1 Å². The Balaban J connectivity index is 1.46. The summed E-state index contributed by atoms with van der Waals surface area (Å²) in [6, 6.07) is 9.71. The topological polar surface area (TPSA) is 67.3 Å². The van der Waals surface area contributed by atoms with Gasteiger partial charge in [-0.25, -0.2) is 0 Å². The van der Waals surface area contributed by atoms with Gasteiger partial charge in [0.05, 0.1) is 6.54 Å². The molecule has 1 aromatic carbocycles. The van der Waals surface area contributed by atoms with E-state index in [1.165, 1.54) is 17.0 Å². The summed E-state index contributed by atoms with van der Waals surface area (Å²) in [5.41, 5.74) is 4.11. The van der Waals surface area contributed by atoms with Gasteiger partial charge in [0.1, 0.15) is 0 Å². The van der Waals surface area contributed by atoms with Crippen LogP contribution in [-0.4, -0.2) is 33.5 Å². The monoisotopic (exact) mass is 351 g/mol. The molecule has 1 aliphatic heterocycles. The summed E-state index contributed by atoms with van der Waals surface area (Å²) in [7, 11) is 1.84. The lowest BCUT2D eigenvalue weighted by atomic mass is 10.0. The first-order chi connectivity index (χ1) is 12.5. The Bertz CT molecular complexity index is 1050. The number of para-hydroxylation sites is 1. The summed E-state index contributed by atoms with van der Waals surface area (Å²) < 4.78 is 7.30. The number of pyridine rings is 1. The maximum Gasteiger partial charge on any atom is 0.260 e. The molecule has 0 atom stereocenters. The maximum atomic E-state index is 12.5. The highest BCUT2D eigenvalue weighted by atomic mass is 16.5. The lowest BCUT2D eigenvalue weighted by Crippen LogP contribution is -2.39. The van der Waals surface area contributed by atoms with Gasteiger partial charge in [0.2, 0.25) is 5.43 Å². The molecule has 2 aromatic heterocycles. The first-order valence-corrected chi connectivity index (χ1v) is 8.69. The van der Waals surface area contributed by atoms with Crippen molar-refractivity contribution in [2.45, 2.75) is 19.9 Å². The molecule has 1 aliphatic rings. The Morgan fingerprint density at radius 2 is 2.12 bits per heavy atom. The first-order valence-electron chi connectivity index (χ1n) is 8.69. The summed E-state index contributed by atoms with van der Waals surface area (Å²) in [5, 5.41) is 1.23. The van der Waals surface area contributed by atoms with Gasteiger partial charge in [-0.15, -0.1) is 0 Å². The van der Waals surface area contributed by atoms with E-state index in [1.807, 2.05) is 26.1 Å². The van der Waals surface area contributed by atoms with E-state index in [9.17, 15) is 9.59 Å². The van der Waals surface area contributed by atoms with Crippen molar-refractivity contribution < 1.29 is 9.53 Å². The number of hydrogen-bond acceptors (Lipinski definition) is 3. The van der Waals surface area contributed by atoms with Crippen LogP contribution in [0.4, 0.5) is 0 Å². The van der Waals surface area contributed by atoms with Gasteiger partial charge >= 0.3 is 0 Å². The van der Waals surface area contributed by atoms with E-state index in [1.54, 1.807) is 15.7 Å². The van der Waals surface area contributed by atoms with Crippen molar-refractivity contribution in [1.82, 2.24) is 14.5 Å². The number of H-pyrrole nitrogens is 1. The Morgan fingerprint density at radius 3 is 2.96 bits per heavy atom. The Labute approximate surface area is 151 Å². The van der Waals surface area contributed by atoms with E-state index in [4.69, 9.17) is 4.74 Å². The molecule has 6 nitrogen and oxygen atoms in total. The normalized spacial score (nSPS) is 13.7. The van der Waals surface area contributed by atoms with Crippen molar-refractivity contribution in [1.29, 1.82) is 0 Å². The molecule has 134 valence electrons. The number of aryl methyl sites for hydroxylation is 2. The summed E-state index contributed by atoms with van der Waals surface area (Å²) in [6.07, 6.45) is 2.44. The highest BCUT2D eigenvalue weighted by molar-refractivity contribution is 5.85. The van der Waals surface area contributed by atoms with E-state index in [-0.39, 0.29) is 23.7 Å². The van der Waals surface area contributed by atoms with Gasteiger partial charge in [0.25, 0.3) is 5.91 Å². The van der Waals surface area contributed by atoms with Gasteiger partial charge in [0, 0.05) is 48.1 Å². The molecule has 0 saturated heterocycles. The second kappa shape index (κ2) is 6.37. The van der Waals surface area contributed by atoms with Gasteiger partial charge in [-0.1, -0.05) is 18.2 Å². The minimum absolute atomic E-state index is 0.114. The molecular formula is C20H21N3O3. The van der Waals surface area contributed by atoms with Crippen LogP contribution in [0.3, 0.4) is 0 Å². The number of carbonyl (C=O) groups excluding carboxylic acids is 1. The molecule has 1 N–H and O–H groups in total. The molecule has 0 saturated carbocycles. The van der Waals surface area contributed by atoms with Gasteiger partial charge in [-0.2, -0.15) is 0 Å². The third-order valence-corrected chi connectivity index (χ3v) is 5.04. The molecule has 0 radical (unpaired) electrons. The van der Waals surface area contributed by atoms with E-state index < -0.39 is 0 Å². The fraction of sp³-hybridized carbons (Fsp3) is 0.300. The molecule has 6 heteroatoms. The summed E-state index contributed by atoms with van der Waals surface area (Å²) >= 11 is 0. The van der Waals surface area contributed by atoms with Gasteiger partial charge in [0.15, 0.2) is 12.4 Å². The molecule has 0 fully saturated rings. The molecule has 0 unspecified atom stereocenters. The number of aromatic nitrogens is 2. The van der Waals surface area contributed by atoms with Crippen molar-refractivity contribution in [2.24, 2.45) is 7.05 Å². The molecule has 26 heavy (non-hydrogen) atoms. The standard InChI is InChI=1S/C20H21N3O3/c1-13-9-18(24)19(11-22(13)2)26-12-20(25)23-8-7-15-14-5-3-4-6-16(14)21-17(15)10-23/h3-6,9,11,21H,7-8,10,12H2,1-2H3. The van der Waals surface area contributed by atoms with Crippen LogP contribution < -0.4 is 10.2 Å². The smallest absolute Gasteiger partial charge is 0.260 e. The number of aromatic amines is 1. The minimum atomic E-state index is -0.204. The molecule has 0 bridgehead atoms. The van der Waals surface area contributed by atoms with Crippen molar-refractivity contribution >= 4 is 16.8 Å². The fourth-order valence-corrected chi connectivity index (χ4v) is 3.45. The zero-order valence-corrected chi connectivity index (χ0v) is 14.9. The molecule has 0 spiro atoms. The van der Waals surface area contributed by atoms with Crippen LogP contribution in [-0.2, 0) is 24.8 Å². The minimum Gasteiger partial charge on any atom is -0.478 e. The Hall–Kier alpha value is -3.02. The summed E-state index contributed by atoms with van der Waals surface area (Å²) in [5.74, 6) is 0.0895. The molecule has 0 aliphatic carbocycles. The molecule has 3 aromatic rings. The number of amides is 1. The van der Waals surface area contributed by atoms with Crippen LogP contribution in [0.2, 0.25) is 0 Å². The van der Waals surface area contributed by atoms with Crippen LogP contribution in [0.5, 0.6) is 5.75 Å². The highest BCUT2D eigenvalue weighted by Gasteiger charge is 2.24. The van der Waals surface area contributed by atoms with Crippen LogP contribution in [0.25, 0.3) is 10.9 Å². The van der Waals surface area contributed by atoms with Crippen molar-refractivity contribution in [2.75, 3.05) is 13.2 Å². The summed E-state index contributed by atoms with van der Waals surface area (Å²) in [4.78, 5) is 29.7. The van der Waals surface area contributed by atoms with Gasteiger partial charge in [-0.3, -0.25) is 9.59 Å². The van der Waals surface area contributed by atoms with Crippen molar-refractivity contribution in [3.8, 4) is 5.75 Å². The fourth-order valence-electron chi connectivity index (χ4n) is 3.45. The molecular weight excluding hydrogens is 330 g/mol. The zero-order valence-electron chi connectivity index (χ0n) is 14.9. The number of benzene rings is 1. The quantitative estimate of drug-likeness (QED) is 0.786. The number of rotatable bonds is 3. The van der Waals surface area contributed by atoms with Crippen LogP contribution in [0, 0.1) is 6.92 Å². The number of ether oxygens (including phenoxy) is 1. The zero-order chi connectivity index (χ0) is 18.3. The summed E-state index contributed by atoms with van der Waals surface area (Å²) in [6.45, 7) is 2.91. The van der Waals surface area contributed by atoms with Crippen LogP contribution in [0.1, 0.15) is 17.0 Å². The molecule has 1 amide bonds. The SMILES string of the molecule is Cc1cc(=O)c(OCC(=O)N2CCc3c([nH]c4ccccc34)C2)cn1C. The largest absolute Gasteiger partial charge is 0.478 e. The lowest BCUT2D eigenvalue weighted by molar-refractivity contribution is -0.134. The third-order valence-electron chi connectivity index (χ3n) is 5.04. The lowest BCUT2D eigenvalue weighted by Gasteiger charge is -2.27. The number of hydrogen-bond donors (Lipinski definition) is 1. The Kier molecular flexibility index (Phi) is 4.03. The highest BCUT2D eigenvalue weighted by Crippen LogP contribution is 2.27. The number of carbonyl (C=O) groups is 1. The van der Waals surface area contributed by atoms with Crippen LogP contribution in [0.15, 0.2) is 41.3 Å². The maximum absolute atomic E-state index is 12.5. The van der Waals surface area contributed by atoms with Crippen LogP contribution >= 0.6 is 0 Å². The van der Waals surface area contributed by atoms with E-state index in [0.717, 1.165) is 23.3 Å². The average Bonchev–Trinajstić information content (AvgIpc) is 3.01. The van der Waals surface area contributed by atoms with Gasteiger partial charge in [-0.05, 0) is 25.0 Å². The predicted molar refractivity (Wildman–Crippen MR) is 99.3 cm³/mol. The molecule has 3 heterocycles. The van der Waals surface area contributed by atoms with Crippen molar-refractivity contribution in [3.63, 3.8) is 0 Å². The number of fused-ring (bicyclic) bond motifs is 3. The molecule has 4 rings (SSSR count). The predicted octanol–water partition coefficient (Wildman–Crippen LogP) is 2.14. The Morgan fingerprint density at radius 1 is 1.31 bits per heavy atom. The first kappa shape index (κ1) is 16.4. The van der Waals surface area contributed by atoms with E-state index >= 15 is 0 Å². The van der Waals surface area contributed by atoms with Crippen molar-refractivity contribution in [3.05, 3.63) is 63.7 Å². The average molecular weight is 351 g/mol. The van der Waals surface area contributed by atoms with E-state index in [2.05, 4.69) is 17.1 Å².